The monoisotopic (exact) mass is 600 g/mol. The van der Waals surface area contributed by atoms with Crippen molar-refractivity contribution in [3.05, 3.63) is 57.6 Å². The largest absolute Gasteiger partial charge is 0.507 e. The van der Waals surface area contributed by atoms with Gasteiger partial charge in [0.25, 0.3) is 0 Å². The van der Waals surface area contributed by atoms with Crippen molar-refractivity contribution < 1.29 is 28.7 Å². The normalized spacial score (nSPS) is 13.2. The van der Waals surface area contributed by atoms with Crippen LogP contribution in [-0.4, -0.2) is 28.8 Å². The Balaban J connectivity index is 2.96. The summed E-state index contributed by atoms with van der Waals surface area (Å²) in [6.45, 7) is 25.9. The predicted octanol–water partition coefficient (Wildman–Crippen LogP) is 8.01. The number of rotatable bonds is 7. The van der Waals surface area contributed by atoms with Crippen molar-refractivity contribution in [2.24, 2.45) is 5.41 Å². The van der Waals surface area contributed by atoms with Crippen molar-refractivity contribution in [1.82, 2.24) is 0 Å². The second kappa shape index (κ2) is 12.1. The molecule has 0 saturated carbocycles. The molecule has 7 heteroatoms. The van der Waals surface area contributed by atoms with E-state index in [1.54, 1.807) is 6.92 Å². The summed E-state index contributed by atoms with van der Waals surface area (Å²) in [6.07, 6.45) is -0.0670. The summed E-state index contributed by atoms with van der Waals surface area (Å²) in [5, 5.41) is 22.6. The lowest BCUT2D eigenvalue weighted by Crippen LogP contribution is -2.45. The van der Waals surface area contributed by atoms with Gasteiger partial charge in [0, 0.05) is 12.9 Å². The van der Waals surface area contributed by atoms with Crippen LogP contribution in [0.5, 0.6) is 11.5 Å². The Morgan fingerprint density at radius 2 is 0.905 bits per heavy atom. The summed E-state index contributed by atoms with van der Waals surface area (Å²) in [4.78, 5) is 27.6. The molecule has 42 heavy (non-hydrogen) atoms. The van der Waals surface area contributed by atoms with Gasteiger partial charge in [-0.05, 0) is 74.8 Å². The van der Waals surface area contributed by atoms with Gasteiger partial charge in [0.05, 0.1) is 6.61 Å². The third-order valence-corrected chi connectivity index (χ3v) is 7.89. The second-order valence-corrected chi connectivity index (χ2v) is 15.8. The highest BCUT2D eigenvalue weighted by molar-refractivity contribution is 7.75. The molecular weight excluding hydrogens is 548 g/mol. The van der Waals surface area contributed by atoms with Gasteiger partial charge in [0.1, 0.15) is 11.5 Å². The van der Waals surface area contributed by atoms with Crippen molar-refractivity contribution in [3.8, 4) is 11.5 Å². The zero-order valence-corrected chi connectivity index (χ0v) is 28.8. The van der Waals surface area contributed by atoms with E-state index in [9.17, 15) is 19.8 Å². The molecule has 6 nitrogen and oxygen atoms in total. The number of phenolic OH excluding ortho intramolecular Hbond substituents is 2. The second-order valence-electron chi connectivity index (χ2n) is 15.6. The molecule has 0 fully saturated rings. The molecule has 2 aromatic carbocycles. The van der Waals surface area contributed by atoms with Crippen LogP contribution in [0.2, 0.25) is 0 Å². The van der Waals surface area contributed by atoms with Crippen molar-refractivity contribution in [2.45, 2.75) is 125 Å². The number of phenols is 2. The molecular formula is C35H52O6S. The summed E-state index contributed by atoms with van der Waals surface area (Å²) in [5.74, 6) is -1.12. The van der Waals surface area contributed by atoms with Crippen LogP contribution in [0.15, 0.2) is 24.3 Å². The first-order valence-corrected chi connectivity index (χ1v) is 15.0. The third kappa shape index (κ3) is 7.64. The van der Waals surface area contributed by atoms with E-state index in [2.05, 4.69) is 12.9 Å². The minimum atomic E-state index is -1.78. The number of aromatic hydroxyl groups is 2. The minimum Gasteiger partial charge on any atom is -0.507 e. The fraction of sp³-hybridized carbons (Fsp3) is 0.600. The molecule has 0 bridgehead atoms. The van der Waals surface area contributed by atoms with Crippen molar-refractivity contribution >= 4 is 24.8 Å². The van der Waals surface area contributed by atoms with E-state index in [1.165, 1.54) is 0 Å². The molecule has 0 aliphatic carbocycles. The van der Waals surface area contributed by atoms with Gasteiger partial charge in [-0.3, -0.25) is 4.79 Å². The van der Waals surface area contributed by atoms with Crippen LogP contribution < -0.4 is 0 Å². The van der Waals surface area contributed by atoms with Crippen molar-refractivity contribution in [2.75, 3.05) is 6.61 Å². The van der Waals surface area contributed by atoms with Gasteiger partial charge >= 0.3 is 11.9 Å². The Morgan fingerprint density at radius 1 is 0.619 bits per heavy atom. The predicted molar refractivity (Wildman–Crippen MR) is 173 cm³/mol. The van der Waals surface area contributed by atoms with E-state index in [0.29, 0.717) is 11.1 Å². The number of benzene rings is 2. The molecule has 0 aliphatic heterocycles. The van der Waals surface area contributed by atoms with Gasteiger partial charge in [-0.1, -0.05) is 107 Å². The zero-order valence-electron chi connectivity index (χ0n) is 27.9. The van der Waals surface area contributed by atoms with Crippen LogP contribution in [0.25, 0.3) is 0 Å². The quantitative estimate of drug-likeness (QED) is 0.129. The topological polar surface area (TPSA) is 93.1 Å². The maximum absolute atomic E-state index is 13.9. The third-order valence-electron chi connectivity index (χ3n) is 7.72. The van der Waals surface area contributed by atoms with E-state index in [4.69, 9.17) is 8.92 Å². The number of hydrogen-bond acceptors (Lipinski definition) is 7. The minimum absolute atomic E-state index is 0.0335. The Morgan fingerprint density at radius 3 is 1.12 bits per heavy atom. The van der Waals surface area contributed by atoms with E-state index in [-0.39, 0.29) is 30.9 Å². The lowest BCUT2D eigenvalue weighted by molar-refractivity contribution is -0.166. The fourth-order valence-corrected chi connectivity index (χ4v) is 5.54. The van der Waals surface area contributed by atoms with E-state index >= 15 is 0 Å². The molecule has 0 aliphatic rings. The molecule has 0 heterocycles. The van der Waals surface area contributed by atoms with E-state index in [0.717, 1.165) is 22.3 Å². The highest BCUT2D eigenvalue weighted by Crippen LogP contribution is 2.44. The highest BCUT2D eigenvalue weighted by atomic mass is 32.1. The summed E-state index contributed by atoms with van der Waals surface area (Å²) in [6, 6.07) is 7.45. The number of ether oxygens (including phenoxy) is 1. The van der Waals surface area contributed by atoms with Crippen LogP contribution in [0, 0.1) is 5.41 Å². The molecule has 2 aromatic rings. The maximum Gasteiger partial charge on any atom is 0.335 e. The van der Waals surface area contributed by atoms with Crippen molar-refractivity contribution in [3.63, 3.8) is 0 Å². The average Bonchev–Trinajstić information content (AvgIpc) is 2.82. The first-order valence-electron chi connectivity index (χ1n) is 14.7. The Hall–Kier alpha value is -2.67. The van der Waals surface area contributed by atoms with Gasteiger partial charge in [-0.2, -0.15) is 0 Å². The molecule has 234 valence electrons. The van der Waals surface area contributed by atoms with Gasteiger partial charge in [0.2, 0.25) is 0 Å². The molecule has 0 atom stereocenters. The lowest BCUT2D eigenvalue weighted by Gasteiger charge is -2.33. The number of carbonyl (C=O) groups excluding carboxylic acids is 2. The first-order chi connectivity index (χ1) is 18.9. The van der Waals surface area contributed by atoms with Gasteiger partial charge in [0.15, 0.2) is 5.41 Å². The van der Waals surface area contributed by atoms with Gasteiger partial charge < -0.3 is 19.1 Å². The Labute approximate surface area is 258 Å². The number of esters is 1. The number of hydrogen-bond donors (Lipinski definition) is 3. The zero-order chi connectivity index (χ0) is 32.6. The lowest BCUT2D eigenvalue weighted by atomic mass is 9.71. The van der Waals surface area contributed by atoms with Crippen LogP contribution in [0.4, 0.5) is 0 Å². The van der Waals surface area contributed by atoms with Crippen LogP contribution >= 0.6 is 12.9 Å². The Kier molecular flexibility index (Phi) is 10.3. The average molecular weight is 601 g/mol. The fourth-order valence-electron chi connectivity index (χ4n) is 5.37. The SMILES string of the molecule is CCOC(=O)C(Cc1cc(C(C)(C)C)c(O)c(C(C)(C)C)c1)(Cc1cc(C(C)(C)C)c(O)c(C(C)(C)C)c1)C(=O)OS. The summed E-state index contributed by atoms with van der Waals surface area (Å²) >= 11 is 3.86. The van der Waals surface area contributed by atoms with Crippen LogP contribution in [-0.2, 0) is 53.0 Å². The number of carbonyl (C=O) groups is 2. The standard InChI is InChI=1S/C35H52O6S/c1-14-40-29(38)35(30(39)41-42,19-21-15-23(31(2,3)4)27(36)24(16-21)32(5,6)7)20-22-17-25(33(8,9)10)28(37)26(18-22)34(11,12)13/h15-18,36-37,42H,14,19-20H2,1-13H3. The maximum atomic E-state index is 13.9. The summed E-state index contributed by atoms with van der Waals surface area (Å²) in [5.41, 5.74) is 0.865. The molecule has 0 saturated heterocycles. The van der Waals surface area contributed by atoms with Gasteiger partial charge in [-0.25, -0.2) is 4.79 Å². The molecule has 2 N–H and O–H groups in total. The van der Waals surface area contributed by atoms with E-state index in [1.807, 2.05) is 107 Å². The summed E-state index contributed by atoms with van der Waals surface area (Å²) < 4.78 is 10.6. The smallest absolute Gasteiger partial charge is 0.335 e. The molecule has 0 aromatic heterocycles. The van der Waals surface area contributed by atoms with E-state index < -0.39 is 39.0 Å². The molecule has 0 radical (unpaired) electrons. The first kappa shape index (κ1) is 35.5. The molecule has 2 rings (SSSR count). The molecule has 0 amide bonds. The highest BCUT2D eigenvalue weighted by Gasteiger charge is 2.50. The summed E-state index contributed by atoms with van der Waals surface area (Å²) in [7, 11) is 0. The molecule has 0 spiro atoms. The number of thiol groups is 1. The molecule has 0 unspecified atom stereocenters. The van der Waals surface area contributed by atoms with Crippen LogP contribution in [0.1, 0.15) is 123 Å². The van der Waals surface area contributed by atoms with Gasteiger partial charge in [-0.15, -0.1) is 0 Å². The Bertz CT molecular complexity index is 1160. The van der Waals surface area contributed by atoms with Crippen LogP contribution in [0.3, 0.4) is 0 Å². The van der Waals surface area contributed by atoms with Crippen molar-refractivity contribution in [1.29, 1.82) is 0 Å².